The zero-order chi connectivity index (χ0) is 17.3. The Morgan fingerprint density at radius 1 is 1.39 bits per heavy atom. The first-order valence-corrected chi connectivity index (χ1v) is 7.25. The van der Waals surface area contributed by atoms with Crippen LogP contribution >= 0.6 is 0 Å². The van der Waals surface area contributed by atoms with E-state index in [4.69, 9.17) is 15.0 Å². The Labute approximate surface area is 134 Å². The first-order chi connectivity index (χ1) is 10.7. The van der Waals surface area contributed by atoms with Crippen molar-refractivity contribution in [2.45, 2.75) is 44.8 Å². The van der Waals surface area contributed by atoms with Crippen molar-refractivity contribution in [1.82, 2.24) is 0 Å². The van der Waals surface area contributed by atoms with Crippen molar-refractivity contribution in [3.63, 3.8) is 0 Å². The Kier molecular flexibility index (Phi) is 4.34. The van der Waals surface area contributed by atoms with Gasteiger partial charge >= 0.3 is 5.97 Å². The van der Waals surface area contributed by atoms with E-state index < -0.39 is 22.9 Å². The number of rotatable bonds is 3. The van der Waals surface area contributed by atoms with E-state index in [1.165, 1.54) is 7.11 Å². The summed E-state index contributed by atoms with van der Waals surface area (Å²) < 4.78 is 10.4. The third kappa shape index (κ3) is 3.14. The molecular weight excluding hydrogens is 298 g/mol. The Hall–Kier alpha value is -2.53. The predicted molar refractivity (Wildman–Crippen MR) is 83.4 cm³/mol. The summed E-state index contributed by atoms with van der Waals surface area (Å²) in [6, 6.07) is 5.09. The van der Waals surface area contributed by atoms with E-state index >= 15 is 0 Å². The second-order valence-corrected chi connectivity index (χ2v) is 6.40. The molecule has 7 heteroatoms. The molecule has 1 unspecified atom stereocenters. The topological polar surface area (TPSA) is 101 Å². The largest absolute Gasteiger partial charge is 0.497 e. The highest BCUT2D eigenvalue weighted by atomic mass is 16.6. The van der Waals surface area contributed by atoms with Crippen LogP contribution in [-0.2, 0) is 16.0 Å². The van der Waals surface area contributed by atoms with Crippen LogP contribution in [0.4, 0.5) is 0 Å². The SMILES string of the molecule is COc1ccc2c(c1)C(=O)C(N=[N+]=[N-])(C(=O)OC(C)(C)C)CC2. The Bertz CT molecular complexity index is 702. The smallest absolute Gasteiger partial charge is 0.326 e. The molecular formula is C16H19N3O4. The minimum atomic E-state index is -1.86. The molecule has 0 amide bonds. The number of Topliss-reactive ketones (excluding diaryl/α,β-unsaturated/α-hetero) is 1. The number of esters is 1. The number of ether oxygens (including phenoxy) is 2. The molecule has 0 aromatic heterocycles. The molecule has 2 rings (SSSR count). The van der Waals surface area contributed by atoms with Gasteiger partial charge < -0.3 is 9.47 Å². The molecule has 7 nitrogen and oxygen atoms in total. The van der Waals surface area contributed by atoms with E-state index in [0.29, 0.717) is 17.7 Å². The predicted octanol–water partition coefficient (Wildman–Crippen LogP) is 3.21. The monoisotopic (exact) mass is 317 g/mol. The molecule has 1 aliphatic carbocycles. The number of aryl methyl sites for hydroxylation is 1. The van der Waals surface area contributed by atoms with Gasteiger partial charge in [0.05, 0.1) is 7.11 Å². The highest BCUT2D eigenvalue weighted by Crippen LogP contribution is 2.35. The molecule has 0 aliphatic heterocycles. The molecule has 0 saturated heterocycles. The summed E-state index contributed by atoms with van der Waals surface area (Å²) in [6.07, 6.45) is 0.521. The van der Waals surface area contributed by atoms with Crippen LogP contribution in [0.5, 0.6) is 5.75 Å². The molecule has 1 aliphatic rings. The van der Waals surface area contributed by atoms with E-state index in [2.05, 4.69) is 10.0 Å². The van der Waals surface area contributed by atoms with Gasteiger partial charge in [-0.2, -0.15) is 0 Å². The minimum absolute atomic E-state index is 0.0874. The average Bonchev–Trinajstić information content (AvgIpc) is 2.48. The lowest BCUT2D eigenvalue weighted by Crippen LogP contribution is -2.50. The normalized spacial score (nSPS) is 20.3. The molecule has 0 bridgehead atoms. The van der Waals surface area contributed by atoms with E-state index in [1.807, 2.05) is 0 Å². The fraction of sp³-hybridized carbons (Fsp3) is 0.500. The second kappa shape index (κ2) is 5.93. The Morgan fingerprint density at radius 2 is 2.09 bits per heavy atom. The van der Waals surface area contributed by atoms with E-state index in [1.54, 1.807) is 39.0 Å². The summed E-state index contributed by atoms with van der Waals surface area (Å²) in [5.41, 5.74) is 7.35. The van der Waals surface area contributed by atoms with Crippen molar-refractivity contribution in [3.05, 3.63) is 39.8 Å². The third-order valence-corrected chi connectivity index (χ3v) is 3.65. The molecule has 1 aromatic rings. The molecule has 0 radical (unpaired) electrons. The number of azide groups is 1. The van der Waals surface area contributed by atoms with E-state index in [-0.39, 0.29) is 6.42 Å². The van der Waals surface area contributed by atoms with Crippen LogP contribution in [-0.4, -0.2) is 30.0 Å². The summed E-state index contributed by atoms with van der Waals surface area (Å²) in [5.74, 6) is -0.871. The van der Waals surface area contributed by atoms with Gasteiger partial charge in [0, 0.05) is 10.5 Å². The van der Waals surface area contributed by atoms with Gasteiger partial charge in [0.2, 0.25) is 5.54 Å². The van der Waals surface area contributed by atoms with Crippen molar-refractivity contribution in [3.8, 4) is 5.75 Å². The number of ketones is 1. The number of methoxy groups -OCH3 is 1. The van der Waals surface area contributed by atoms with E-state index in [0.717, 1.165) is 5.56 Å². The lowest BCUT2D eigenvalue weighted by Gasteiger charge is -2.33. The molecule has 0 spiro atoms. The molecule has 23 heavy (non-hydrogen) atoms. The molecule has 0 heterocycles. The molecule has 0 saturated carbocycles. The van der Waals surface area contributed by atoms with Crippen LogP contribution in [0.25, 0.3) is 10.4 Å². The summed E-state index contributed by atoms with van der Waals surface area (Å²) in [5, 5.41) is 3.55. The van der Waals surface area contributed by atoms with Crippen LogP contribution in [0.15, 0.2) is 23.3 Å². The molecule has 1 aromatic carbocycles. The van der Waals surface area contributed by atoms with Crippen molar-refractivity contribution in [2.24, 2.45) is 5.11 Å². The maximum atomic E-state index is 12.9. The number of carbonyl (C=O) groups is 2. The maximum Gasteiger partial charge on any atom is 0.326 e. The highest BCUT2D eigenvalue weighted by Gasteiger charge is 2.51. The first kappa shape index (κ1) is 16.8. The second-order valence-electron chi connectivity index (χ2n) is 6.40. The summed E-state index contributed by atoms with van der Waals surface area (Å²) in [6.45, 7) is 5.08. The maximum absolute atomic E-state index is 12.9. The van der Waals surface area contributed by atoms with Gasteiger partial charge in [-0.1, -0.05) is 11.2 Å². The van der Waals surface area contributed by atoms with Crippen molar-refractivity contribution >= 4 is 11.8 Å². The number of nitrogens with zero attached hydrogens (tertiary/aromatic N) is 3. The van der Waals surface area contributed by atoms with Crippen molar-refractivity contribution < 1.29 is 19.1 Å². The lowest BCUT2D eigenvalue weighted by molar-refractivity contribution is -0.159. The summed E-state index contributed by atoms with van der Waals surface area (Å²) >= 11 is 0. The van der Waals surface area contributed by atoms with Crippen LogP contribution in [0.1, 0.15) is 43.1 Å². The van der Waals surface area contributed by atoms with Crippen LogP contribution < -0.4 is 4.74 Å². The summed E-state index contributed by atoms with van der Waals surface area (Å²) in [4.78, 5) is 28.2. The van der Waals surface area contributed by atoms with Gasteiger partial charge in [0.15, 0.2) is 5.78 Å². The fourth-order valence-corrected chi connectivity index (χ4v) is 2.53. The molecule has 122 valence electrons. The first-order valence-electron chi connectivity index (χ1n) is 7.25. The van der Waals surface area contributed by atoms with Gasteiger partial charge in [-0.25, -0.2) is 0 Å². The van der Waals surface area contributed by atoms with Crippen molar-refractivity contribution in [2.75, 3.05) is 7.11 Å². The zero-order valence-electron chi connectivity index (χ0n) is 13.6. The van der Waals surface area contributed by atoms with Gasteiger partial charge in [0.25, 0.3) is 0 Å². The zero-order valence-corrected chi connectivity index (χ0v) is 13.6. The van der Waals surface area contributed by atoms with E-state index in [9.17, 15) is 9.59 Å². The highest BCUT2D eigenvalue weighted by molar-refractivity contribution is 6.18. The van der Waals surface area contributed by atoms with Crippen LogP contribution in [0, 0.1) is 0 Å². The van der Waals surface area contributed by atoms with Gasteiger partial charge in [-0.3, -0.25) is 9.59 Å². The van der Waals surface area contributed by atoms with Gasteiger partial charge in [-0.05, 0) is 56.8 Å². The molecule has 0 N–H and O–H groups in total. The molecule has 1 atom stereocenters. The number of hydrogen-bond acceptors (Lipinski definition) is 5. The third-order valence-electron chi connectivity index (χ3n) is 3.65. The van der Waals surface area contributed by atoms with Crippen LogP contribution in [0.2, 0.25) is 0 Å². The van der Waals surface area contributed by atoms with Crippen molar-refractivity contribution in [1.29, 1.82) is 0 Å². The number of carbonyl (C=O) groups excluding carboxylic acids is 2. The quantitative estimate of drug-likeness (QED) is 0.281. The number of hydrogen-bond donors (Lipinski definition) is 0. The summed E-state index contributed by atoms with van der Waals surface area (Å²) in [7, 11) is 1.49. The number of fused-ring (bicyclic) bond motifs is 1. The lowest BCUT2D eigenvalue weighted by atomic mass is 9.77. The molecule has 0 fully saturated rings. The number of benzene rings is 1. The van der Waals surface area contributed by atoms with Gasteiger partial charge in [0.1, 0.15) is 11.4 Å². The standard InChI is InChI=1S/C16H19N3O4/c1-15(2,3)23-14(21)16(18-19-17)8-7-10-5-6-11(22-4)9-12(10)13(16)20/h5-6,9H,7-8H2,1-4H3. The van der Waals surface area contributed by atoms with Gasteiger partial charge in [-0.15, -0.1) is 0 Å². The average molecular weight is 317 g/mol. The fourth-order valence-electron chi connectivity index (χ4n) is 2.53. The van der Waals surface area contributed by atoms with Crippen LogP contribution in [0.3, 0.4) is 0 Å². The Balaban J connectivity index is 2.51. The minimum Gasteiger partial charge on any atom is -0.497 e. The Morgan fingerprint density at radius 3 is 2.65 bits per heavy atom.